The molecule has 1 fully saturated rings. The molecule has 1 aliphatic heterocycles. The molecule has 92 valence electrons. The zero-order chi connectivity index (χ0) is 11.9. The van der Waals surface area contributed by atoms with E-state index < -0.39 is 0 Å². The molecule has 16 heavy (non-hydrogen) atoms. The van der Waals surface area contributed by atoms with Crippen molar-refractivity contribution in [3.8, 4) is 0 Å². The molecule has 0 aliphatic carbocycles. The smallest absolute Gasteiger partial charge is 0.233 e. The lowest BCUT2D eigenvalue weighted by Crippen LogP contribution is -2.42. The van der Waals surface area contributed by atoms with E-state index in [1.54, 1.807) is 6.08 Å². The number of carbonyl (C=O) groups is 1. The standard InChI is InChI=1S/C12H22N2O2/c1-3-6-13-9-11(15)14-10-12(2)4-7-16-8-5-12/h3,13H,1,4-10H2,2H3,(H,14,15). The summed E-state index contributed by atoms with van der Waals surface area (Å²) in [6, 6.07) is 0. The lowest BCUT2D eigenvalue weighted by molar-refractivity contribution is -0.121. The largest absolute Gasteiger partial charge is 0.381 e. The highest BCUT2D eigenvalue weighted by molar-refractivity contribution is 5.78. The second-order valence-electron chi connectivity index (χ2n) is 4.62. The number of hydrogen-bond donors (Lipinski definition) is 2. The summed E-state index contributed by atoms with van der Waals surface area (Å²) in [6.45, 7) is 9.16. The normalized spacial score (nSPS) is 19.1. The fourth-order valence-corrected chi connectivity index (χ4v) is 1.70. The molecule has 1 aliphatic rings. The van der Waals surface area contributed by atoms with Gasteiger partial charge in [-0.3, -0.25) is 4.79 Å². The van der Waals surface area contributed by atoms with Crippen LogP contribution in [0.2, 0.25) is 0 Å². The summed E-state index contributed by atoms with van der Waals surface area (Å²) in [5.41, 5.74) is 0.201. The lowest BCUT2D eigenvalue weighted by Gasteiger charge is -2.33. The first kappa shape index (κ1) is 13.2. The molecule has 0 atom stereocenters. The second-order valence-corrected chi connectivity index (χ2v) is 4.62. The molecule has 1 rings (SSSR count). The molecule has 1 saturated heterocycles. The van der Waals surface area contributed by atoms with Crippen LogP contribution in [-0.4, -0.2) is 38.8 Å². The fraction of sp³-hybridized carbons (Fsp3) is 0.750. The SMILES string of the molecule is C=CCNCC(=O)NCC1(C)CCOCC1. The highest BCUT2D eigenvalue weighted by atomic mass is 16.5. The Kier molecular flexibility index (Phi) is 5.49. The van der Waals surface area contributed by atoms with E-state index in [9.17, 15) is 4.79 Å². The highest BCUT2D eigenvalue weighted by Crippen LogP contribution is 2.28. The van der Waals surface area contributed by atoms with Crippen molar-refractivity contribution in [2.24, 2.45) is 5.41 Å². The van der Waals surface area contributed by atoms with Gasteiger partial charge in [-0.15, -0.1) is 6.58 Å². The molecule has 0 aromatic rings. The summed E-state index contributed by atoms with van der Waals surface area (Å²) in [5, 5.41) is 5.94. The molecule has 0 spiro atoms. The predicted molar refractivity (Wildman–Crippen MR) is 64.2 cm³/mol. The van der Waals surface area contributed by atoms with Crippen LogP contribution in [0.4, 0.5) is 0 Å². The quantitative estimate of drug-likeness (QED) is 0.517. The van der Waals surface area contributed by atoms with E-state index in [1.807, 2.05) is 0 Å². The Labute approximate surface area is 97.4 Å². The van der Waals surface area contributed by atoms with Gasteiger partial charge in [-0.25, -0.2) is 0 Å². The van der Waals surface area contributed by atoms with Crippen LogP contribution in [0.15, 0.2) is 12.7 Å². The lowest BCUT2D eigenvalue weighted by atomic mass is 9.82. The Hall–Kier alpha value is -0.870. The van der Waals surface area contributed by atoms with Crippen molar-refractivity contribution in [3.63, 3.8) is 0 Å². The zero-order valence-electron chi connectivity index (χ0n) is 10.1. The Morgan fingerprint density at radius 2 is 2.19 bits per heavy atom. The van der Waals surface area contributed by atoms with Crippen LogP contribution in [0.5, 0.6) is 0 Å². The molecule has 4 heteroatoms. The molecule has 4 nitrogen and oxygen atoms in total. The first-order valence-electron chi connectivity index (χ1n) is 5.82. The van der Waals surface area contributed by atoms with Gasteiger partial charge < -0.3 is 15.4 Å². The average molecular weight is 226 g/mol. The van der Waals surface area contributed by atoms with Crippen molar-refractivity contribution >= 4 is 5.91 Å². The molecule has 0 radical (unpaired) electrons. The van der Waals surface area contributed by atoms with E-state index in [2.05, 4.69) is 24.1 Å². The number of nitrogens with one attached hydrogen (secondary N) is 2. The van der Waals surface area contributed by atoms with E-state index in [0.29, 0.717) is 13.1 Å². The van der Waals surface area contributed by atoms with Crippen molar-refractivity contribution in [3.05, 3.63) is 12.7 Å². The molecule has 0 saturated carbocycles. The number of hydrogen-bond acceptors (Lipinski definition) is 3. The molecule has 0 aromatic heterocycles. The molecule has 1 amide bonds. The third-order valence-corrected chi connectivity index (χ3v) is 2.99. The van der Waals surface area contributed by atoms with Crippen molar-refractivity contribution in [2.75, 3.05) is 32.8 Å². The number of rotatable bonds is 6. The Bertz CT molecular complexity index is 235. The third-order valence-electron chi connectivity index (χ3n) is 2.99. The van der Waals surface area contributed by atoms with Crippen molar-refractivity contribution in [1.29, 1.82) is 0 Å². The summed E-state index contributed by atoms with van der Waals surface area (Å²) in [4.78, 5) is 11.5. The van der Waals surface area contributed by atoms with Gasteiger partial charge in [0.05, 0.1) is 6.54 Å². The van der Waals surface area contributed by atoms with Crippen LogP contribution in [0, 0.1) is 5.41 Å². The van der Waals surface area contributed by atoms with Gasteiger partial charge in [0.15, 0.2) is 0 Å². The van der Waals surface area contributed by atoms with Gasteiger partial charge in [0.1, 0.15) is 0 Å². The maximum atomic E-state index is 11.5. The molecule has 1 heterocycles. The van der Waals surface area contributed by atoms with E-state index >= 15 is 0 Å². The number of carbonyl (C=O) groups excluding carboxylic acids is 1. The van der Waals surface area contributed by atoms with Gasteiger partial charge in [0.25, 0.3) is 0 Å². The van der Waals surface area contributed by atoms with Crippen LogP contribution in [0.1, 0.15) is 19.8 Å². The minimum absolute atomic E-state index is 0.0505. The molecular formula is C12H22N2O2. The fourth-order valence-electron chi connectivity index (χ4n) is 1.70. The van der Waals surface area contributed by atoms with E-state index in [0.717, 1.165) is 32.6 Å². The summed E-state index contributed by atoms with van der Waals surface area (Å²) >= 11 is 0. The predicted octanol–water partition coefficient (Wildman–Crippen LogP) is 0.695. The van der Waals surface area contributed by atoms with Crippen LogP contribution in [0.25, 0.3) is 0 Å². The number of ether oxygens (including phenoxy) is 1. The Balaban J connectivity index is 2.17. The van der Waals surface area contributed by atoms with Gasteiger partial charge >= 0.3 is 0 Å². The molecule has 0 bridgehead atoms. The summed E-state index contributed by atoms with van der Waals surface area (Å²) in [7, 11) is 0. The molecule has 0 unspecified atom stereocenters. The summed E-state index contributed by atoms with van der Waals surface area (Å²) in [5.74, 6) is 0.0505. The van der Waals surface area contributed by atoms with Crippen molar-refractivity contribution in [1.82, 2.24) is 10.6 Å². The first-order valence-corrected chi connectivity index (χ1v) is 5.82. The van der Waals surface area contributed by atoms with Gasteiger partial charge in [0, 0.05) is 26.3 Å². The van der Waals surface area contributed by atoms with E-state index in [-0.39, 0.29) is 11.3 Å². The Morgan fingerprint density at radius 3 is 2.81 bits per heavy atom. The molecule has 2 N–H and O–H groups in total. The summed E-state index contributed by atoms with van der Waals surface area (Å²) < 4.78 is 5.32. The Morgan fingerprint density at radius 1 is 1.50 bits per heavy atom. The van der Waals surface area contributed by atoms with Crippen molar-refractivity contribution in [2.45, 2.75) is 19.8 Å². The second kappa shape index (κ2) is 6.66. The van der Waals surface area contributed by atoms with Crippen LogP contribution in [0.3, 0.4) is 0 Å². The zero-order valence-corrected chi connectivity index (χ0v) is 10.1. The van der Waals surface area contributed by atoms with Gasteiger partial charge in [0.2, 0.25) is 5.91 Å². The van der Waals surface area contributed by atoms with E-state index in [4.69, 9.17) is 4.74 Å². The van der Waals surface area contributed by atoms with E-state index in [1.165, 1.54) is 0 Å². The topological polar surface area (TPSA) is 50.4 Å². The first-order chi connectivity index (χ1) is 7.66. The average Bonchev–Trinajstić information content (AvgIpc) is 2.28. The minimum atomic E-state index is 0.0505. The van der Waals surface area contributed by atoms with Crippen LogP contribution < -0.4 is 10.6 Å². The van der Waals surface area contributed by atoms with Crippen LogP contribution in [-0.2, 0) is 9.53 Å². The van der Waals surface area contributed by atoms with Gasteiger partial charge in [-0.05, 0) is 18.3 Å². The van der Waals surface area contributed by atoms with Gasteiger partial charge in [-0.2, -0.15) is 0 Å². The summed E-state index contributed by atoms with van der Waals surface area (Å²) in [6.07, 6.45) is 3.79. The van der Waals surface area contributed by atoms with Crippen LogP contribution >= 0.6 is 0 Å². The molecular weight excluding hydrogens is 204 g/mol. The monoisotopic (exact) mass is 226 g/mol. The third kappa shape index (κ3) is 4.77. The maximum Gasteiger partial charge on any atom is 0.233 e. The number of amides is 1. The molecule has 0 aromatic carbocycles. The van der Waals surface area contributed by atoms with Crippen molar-refractivity contribution < 1.29 is 9.53 Å². The minimum Gasteiger partial charge on any atom is -0.381 e. The highest BCUT2D eigenvalue weighted by Gasteiger charge is 2.27. The maximum absolute atomic E-state index is 11.5. The van der Waals surface area contributed by atoms with Gasteiger partial charge in [-0.1, -0.05) is 13.0 Å².